The van der Waals surface area contributed by atoms with E-state index in [9.17, 15) is 14.4 Å². The van der Waals surface area contributed by atoms with Gasteiger partial charge >= 0.3 is 12.1 Å². The summed E-state index contributed by atoms with van der Waals surface area (Å²) in [4.78, 5) is 38.2. The van der Waals surface area contributed by atoms with E-state index in [1.165, 1.54) is 0 Å². The third-order valence-electron chi connectivity index (χ3n) is 6.12. The number of carbonyl (C=O) groups excluding carboxylic acids is 3. The summed E-state index contributed by atoms with van der Waals surface area (Å²) in [6.07, 6.45) is 3.95. The standard InChI is InChI=1S/C23H32N4O5/c1-21(2,3)32-20(30)26-22-12-23(13-22,14-22)27(18(28)10-25-19(24)29)11-15-5-4-6-17(9-15)31-16-7-8-16/h4-6,9,16H,7-8,10-14H2,1-3H3,(H,26,30)(H3,24,25,29). The number of amides is 4. The second-order valence-corrected chi connectivity index (χ2v) is 10.3. The molecule has 0 spiro atoms. The minimum atomic E-state index is -0.737. The van der Waals surface area contributed by atoms with Gasteiger partial charge in [-0.15, -0.1) is 0 Å². The monoisotopic (exact) mass is 444 g/mol. The number of urea groups is 1. The number of primary amides is 1. The van der Waals surface area contributed by atoms with Crippen LogP contribution in [0.15, 0.2) is 24.3 Å². The normalized spacial score (nSPS) is 25.6. The lowest BCUT2D eigenvalue weighted by Crippen LogP contribution is -2.84. The van der Waals surface area contributed by atoms with Crippen molar-refractivity contribution in [2.45, 2.75) is 82.2 Å². The minimum Gasteiger partial charge on any atom is -0.490 e. The number of rotatable bonds is 8. The fraction of sp³-hybridized carbons (Fsp3) is 0.609. The number of nitrogens with two attached hydrogens (primary N) is 1. The molecule has 1 aromatic carbocycles. The molecule has 9 nitrogen and oxygen atoms in total. The molecular weight excluding hydrogens is 412 g/mol. The van der Waals surface area contributed by atoms with Crippen LogP contribution in [0, 0.1) is 0 Å². The Morgan fingerprint density at radius 1 is 1.19 bits per heavy atom. The Kier molecular flexibility index (Phi) is 5.46. The van der Waals surface area contributed by atoms with Crippen LogP contribution in [0.2, 0.25) is 0 Å². The summed E-state index contributed by atoms with van der Waals surface area (Å²) in [6, 6.07) is 7.02. The van der Waals surface area contributed by atoms with Gasteiger partial charge in [0.2, 0.25) is 5.91 Å². The van der Waals surface area contributed by atoms with Gasteiger partial charge in [0, 0.05) is 6.54 Å². The molecule has 0 aliphatic heterocycles. The molecule has 4 aliphatic carbocycles. The van der Waals surface area contributed by atoms with Gasteiger partial charge in [-0.2, -0.15) is 0 Å². The smallest absolute Gasteiger partial charge is 0.408 e. The van der Waals surface area contributed by atoms with E-state index < -0.39 is 17.7 Å². The summed E-state index contributed by atoms with van der Waals surface area (Å²) in [5.41, 5.74) is 4.86. The molecule has 0 heterocycles. The summed E-state index contributed by atoms with van der Waals surface area (Å²) in [5, 5.41) is 5.37. The Bertz CT molecular complexity index is 901. The molecule has 0 unspecified atom stereocenters. The predicted molar refractivity (Wildman–Crippen MR) is 117 cm³/mol. The molecule has 5 rings (SSSR count). The van der Waals surface area contributed by atoms with Crippen LogP contribution in [-0.4, -0.2) is 52.3 Å². The van der Waals surface area contributed by atoms with Crippen molar-refractivity contribution in [2.75, 3.05) is 6.54 Å². The van der Waals surface area contributed by atoms with E-state index in [0.29, 0.717) is 31.9 Å². The summed E-state index contributed by atoms with van der Waals surface area (Å²) in [5.74, 6) is 0.594. The number of ether oxygens (including phenoxy) is 2. The molecule has 32 heavy (non-hydrogen) atoms. The second kappa shape index (κ2) is 7.86. The van der Waals surface area contributed by atoms with Crippen LogP contribution in [0.25, 0.3) is 0 Å². The van der Waals surface area contributed by atoms with Crippen molar-refractivity contribution in [3.8, 4) is 5.75 Å². The molecule has 0 saturated heterocycles. The number of hydrogen-bond donors (Lipinski definition) is 3. The summed E-state index contributed by atoms with van der Waals surface area (Å²) < 4.78 is 11.3. The van der Waals surface area contributed by atoms with Gasteiger partial charge in [-0.3, -0.25) is 4.79 Å². The van der Waals surface area contributed by atoms with E-state index in [2.05, 4.69) is 10.6 Å². The SMILES string of the molecule is CC(C)(C)OC(=O)NC12CC(N(Cc3cccc(OC4CC4)c3)C(=O)CNC(N)=O)(C1)C2. The maximum absolute atomic E-state index is 13.0. The first-order valence-corrected chi connectivity index (χ1v) is 11.1. The third-order valence-corrected chi connectivity index (χ3v) is 6.12. The molecule has 2 bridgehead atoms. The van der Waals surface area contributed by atoms with E-state index in [0.717, 1.165) is 24.2 Å². The van der Waals surface area contributed by atoms with Gasteiger partial charge in [0.1, 0.15) is 11.4 Å². The maximum atomic E-state index is 13.0. The van der Waals surface area contributed by atoms with E-state index in [4.69, 9.17) is 15.2 Å². The molecule has 4 amide bonds. The second-order valence-electron chi connectivity index (χ2n) is 10.3. The molecule has 174 valence electrons. The average Bonchev–Trinajstić information content (AvgIpc) is 3.42. The van der Waals surface area contributed by atoms with Gasteiger partial charge in [-0.1, -0.05) is 12.1 Å². The Morgan fingerprint density at radius 3 is 2.47 bits per heavy atom. The number of carbonyl (C=O) groups is 3. The van der Waals surface area contributed by atoms with Crippen LogP contribution in [0.5, 0.6) is 5.75 Å². The molecule has 4 fully saturated rings. The molecule has 0 aromatic heterocycles. The summed E-state index contributed by atoms with van der Waals surface area (Å²) in [7, 11) is 0. The molecule has 4 saturated carbocycles. The summed E-state index contributed by atoms with van der Waals surface area (Å²) >= 11 is 0. The van der Waals surface area contributed by atoms with E-state index >= 15 is 0 Å². The van der Waals surface area contributed by atoms with E-state index in [1.54, 1.807) is 4.90 Å². The number of benzene rings is 1. The largest absolute Gasteiger partial charge is 0.490 e. The first-order chi connectivity index (χ1) is 15.0. The highest BCUT2D eigenvalue weighted by atomic mass is 16.6. The summed E-state index contributed by atoms with van der Waals surface area (Å²) in [6.45, 7) is 5.70. The lowest BCUT2D eigenvalue weighted by Gasteiger charge is -2.73. The van der Waals surface area contributed by atoms with Gasteiger partial charge in [-0.05, 0) is 70.6 Å². The number of nitrogens with one attached hydrogen (secondary N) is 2. The number of nitrogens with zero attached hydrogens (tertiary/aromatic N) is 1. The zero-order valence-electron chi connectivity index (χ0n) is 18.9. The van der Waals surface area contributed by atoms with Gasteiger partial charge in [-0.25, -0.2) is 9.59 Å². The third kappa shape index (κ3) is 4.92. The Balaban J connectivity index is 1.43. The highest BCUT2D eigenvalue weighted by Crippen LogP contribution is 2.64. The Morgan fingerprint density at radius 2 is 1.88 bits per heavy atom. The van der Waals surface area contributed by atoms with Crippen molar-refractivity contribution in [2.24, 2.45) is 5.73 Å². The van der Waals surface area contributed by atoms with Crippen LogP contribution in [0.3, 0.4) is 0 Å². The van der Waals surface area contributed by atoms with Crippen molar-refractivity contribution in [3.63, 3.8) is 0 Å². The highest BCUT2D eigenvalue weighted by Gasteiger charge is 2.72. The molecule has 0 radical (unpaired) electrons. The van der Waals surface area contributed by atoms with Crippen LogP contribution >= 0.6 is 0 Å². The van der Waals surface area contributed by atoms with Gasteiger partial charge < -0.3 is 30.7 Å². The van der Waals surface area contributed by atoms with Crippen molar-refractivity contribution >= 4 is 18.0 Å². The quantitative estimate of drug-likeness (QED) is 0.568. The van der Waals surface area contributed by atoms with Crippen LogP contribution in [0.4, 0.5) is 9.59 Å². The average molecular weight is 445 g/mol. The van der Waals surface area contributed by atoms with Gasteiger partial charge in [0.05, 0.1) is 23.7 Å². The first kappa shape index (κ1) is 22.2. The molecule has 9 heteroatoms. The topological polar surface area (TPSA) is 123 Å². The van der Waals surface area contributed by atoms with Crippen molar-refractivity contribution < 1.29 is 23.9 Å². The molecule has 4 aliphatic rings. The maximum Gasteiger partial charge on any atom is 0.408 e. The lowest BCUT2D eigenvalue weighted by atomic mass is 9.43. The zero-order chi connectivity index (χ0) is 23.1. The van der Waals surface area contributed by atoms with Crippen LogP contribution in [0.1, 0.15) is 58.4 Å². The zero-order valence-corrected chi connectivity index (χ0v) is 18.9. The van der Waals surface area contributed by atoms with Gasteiger partial charge in [0.15, 0.2) is 0 Å². The predicted octanol–water partition coefficient (Wildman–Crippen LogP) is 2.42. The van der Waals surface area contributed by atoms with Crippen LogP contribution in [-0.2, 0) is 16.1 Å². The molecular formula is C23H32N4O5. The fourth-order valence-electron chi connectivity index (χ4n) is 4.73. The van der Waals surface area contributed by atoms with E-state index in [-0.39, 0.29) is 23.5 Å². The highest BCUT2D eigenvalue weighted by molar-refractivity contribution is 5.84. The minimum absolute atomic E-state index is 0.165. The Hall–Kier alpha value is -2.97. The number of hydrogen-bond acceptors (Lipinski definition) is 5. The Labute approximate surface area is 188 Å². The lowest BCUT2D eigenvalue weighted by molar-refractivity contribution is -0.190. The van der Waals surface area contributed by atoms with Crippen molar-refractivity contribution in [3.05, 3.63) is 29.8 Å². The fourth-order valence-corrected chi connectivity index (χ4v) is 4.73. The van der Waals surface area contributed by atoms with E-state index in [1.807, 2.05) is 45.0 Å². The number of alkyl carbamates (subject to hydrolysis) is 1. The molecule has 4 N–H and O–H groups in total. The van der Waals surface area contributed by atoms with Gasteiger partial charge in [0.25, 0.3) is 0 Å². The first-order valence-electron chi connectivity index (χ1n) is 11.1. The molecule has 0 atom stereocenters. The van der Waals surface area contributed by atoms with Crippen molar-refractivity contribution in [1.29, 1.82) is 0 Å². The van der Waals surface area contributed by atoms with Crippen LogP contribution < -0.4 is 21.1 Å². The molecule has 1 aromatic rings. The van der Waals surface area contributed by atoms with Crippen molar-refractivity contribution in [1.82, 2.24) is 15.5 Å².